The molecule has 0 spiro atoms. The van der Waals surface area contributed by atoms with Crippen LogP contribution in [-0.2, 0) is 20.9 Å². The van der Waals surface area contributed by atoms with Gasteiger partial charge in [-0.2, -0.15) is 0 Å². The number of carbonyl (C=O) groups is 4. The van der Waals surface area contributed by atoms with Gasteiger partial charge in [0.15, 0.2) is 0 Å². The highest BCUT2D eigenvalue weighted by Crippen LogP contribution is 2.34. The minimum atomic E-state index is -1.25. The van der Waals surface area contributed by atoms with Gasteiger partial charge >= 0.3 is 0 Å². The highest BCUT2D eigenvalue weighted by Gasteiger charge is 2.46. The first-order chi connectivity index (χ1) is 12.5. The second-order valence-corrected chi connectivity index (χ2v) is 6.50. The van der Waals surface area contributed by atoms with Crippen molar-refractivity contribution in [3.8, 4) is 0 Å². The number of amides is 3. The minimum absolute atomic E-state index is 0.0431. The molecule has 2 aliphatic rings. The SMILES string of the molecule is O=C(CCN1C(=O)[C@H]2CC=CC[C@@H]2C1=O)NCc1ccc(C(=O)[O-])cc1. The molecule has 0 radical (unpaired) electrons. The van der Waals surface area contributed by atoms with Gasteiger partial charge in [-0.25, -0.2) is 0 Å². The minimum Gasteiger partial charge on any atom is -0.545 e. The first-order valence-corrected chi connectivity index (χ1v) is 8.54. The van der Waals surface area contributed by atoms with E-state index in [0.717, 1.165) is 5.56 Å². The van der Waals surface area contributed by atoms with Crippen LogP contribution in [0.4, 0.5) is 0 Å². The molecule has 1 heterocycles. The monoisotopic (exact) mass is 355 g/mol. The van der Waals surface area contributed by atoms with Crippen LogP contribution in [0.1, 0.15) is 35.2 Å². The summed E-state index contributed by atoms with van der Waals surface area (Å²) < 4.78 is 0. The number of allylic oxidation sites excluding steroid dienone is 2. The number of nitrogens with zero attached hydrogens (tertiary/aromatic N) is 1. The zero-order valence-electron chi connectivity index (χ0n) is 14.1. The molecular weight excluding hydrogens is 336 g/mol. The Kier molecular flexibility index (Phi) is 5.16. The maximum Gasteiger partial charge on any atom is 0.233 e. The molecule has 3 rings (SSSR count). The van der Waals surface area contributed by atoms with Gasteiger partial charge < -0.3 is 15.2 Å². The Labute approximate surface area is 150 Å². The Morgan fingerprint density at radius 1 is 1.04 bits per heavy atom. The number of carboxylic acids is 1. The summed E-state index contributed by atoms with van der Waals surface area (Å²) in [6, 6.07) is 6.01. The van der Waals surface area contributed by atoms with Crippen LogP contribution in [0.15, 0.2) is 36.4 Å². The van der Waals surface area contributed by atoms with Crippen molar-refractivity contribution in [2.24, 2.45) is 11.8 Å². The van der Waals surface area contributed by atoms with Crippen LogP contribution in [0.3, 0.4) is 0 Å². The lowest BCUT2D eigenvalue weighted by molar-refractivity contribution is -0.255. The van der Waals surface area contributed by atoms with Gasteiger partial charge in [-0.1, -0.05) is 36.4 Å². The van der Waals surface area contributed by atoms with Gasteiger partial charge in [0.25, 0.3) is 0 Å². The molecule has 1 aliphatic heterocycles. The van der Waals surface area contributed by atoms with E-state index in [2.05, 4.69) is 5.32 Å². The Bertz CT molecular complexity index is 743. The van der Waals surface area contributed by atoms with Gasteiger partial charge in [0.2, 0.25) is 17.7 Å². The number of hydrogen-bond acceptors (Lipinski definition) is 5. The van der Waals surface area contributed by atoms with Gasteiger partial charge in [-0.05, 0) is 24.0 Å². The summed E-state index contributed by atoms with van der Waals surface area (Å²) in [6.45, 7) is 0.323. The average Bonchev–Trinajstić information content (AvgIpc) is 2.89. The van der Waals surface area contributed by atoms with Crippen molar-refractivity contribution in [1.29, 1.82) is 0 Å². The number of hydrogen-bond donors (Lipinski definition) is 1. The van der Waals surface area contributed by atoms with Crippen LogP contribution >= 0.6 is 0 Å². The molecule has 1 N–H and O–H groups in total. The number of imide groups is 1. The first-order valence-electron chi connectivity index (χ1n) is 8.54. The third-order valence-electron chi connectivity index (χ3n) is 4.84. The quantitative estimate of drug-likeness (QED) is 0.571. The van der Waals surface area contributed by atoms with Crippen molar-refractivity contribution < 1.29 is 24.3 Å². The number of aromatic carboxylic acids is 1. The fraction of sp³-hybridized carbons (Fsp3) is 0.368. The fourth-order valence-corrected chi connectivity index (χ4v) is 3.35. The smallest absolute Gasteiger partial charge is 0.233 e. The molecule has 1 saturated heterocycles. The van der Waals surface area contributed by atoms with Crippen LogP contribution < -0.4 is 10.4 Å². The molecule has 7 nitrogen and oxygen atoms in total. The molecule has 1 aromatic rings. The third-order valence-corrected chi connectivity index (χ3v) is 4.84. The summed E-state index contributed by atoms with van der Waals surface area (Å²) in [5, 5.41) is 13.4. The highest BCUT2D eigenvalue weighted by molar-refractivity contribution is 6.05. The summed E-state index contributed by atoms with van der Waals surface area (Å²) in [4.78, 5) is 48.5. The number of carbonyl (C=O) groups excluding carboxylic acids is 4. The summed E-state index contributed by atoms with van der Waals surface area (Å²) in [5.41, 5.74) is 0.816. The lowest BCUT2D eigenvalue weighted by Crippen LogP contribution is -2.35. The molecule has 0 bridgehead atoms. The molecule has 1 fully saturated rings. The Balaban J connectivity index is 1.47. The number of carboxylic acid groups (broad SMARTS) is 1. The van der Waals surface area contributed by atoms with Crippen molar-refractivity contribution in [3.63, 3.8) is 0 Å². The number of benzene rings is 1. The van der Waals surface area contributed by atoms with Crippen LogP contribution in [0.25, 0.3) is 0 Å². The van der Waals surface area contributed by atoms with E-state index in [4.69, 9.17) is 0 Å². The van der Waals surface area contributed by atoms with E-state index in [1.165, 1.54) is 17.0 Å². The second-order valence-electron chi connectivity index (χ2n) is 6.50. The zero-order chi connectivity index (χ0) is 18.7. The number of fused-ring (bicyclic) bond motifs is 1. The molecule has 26 heavy (non-hydrogen) atoms. The van der Waals surface area contributed by atoms with Crippen LogP contribution in [-0.4, -0.2) is 35.1 Å². The van der Waals surface area contributed by atoms with E-state index < -0.39 is 5.97 Å². The first kappa shape index (κ1) is 17.8. The Morgan fingerprint density at radius 3 is 2.15 bits per heavy atom. The second kappa shape index (κ2) is 7.51. The van der Waals surface area contributed by atoms with Gasteiger partial charge in [0.05, 0.1) is 17.8 Å². The standard InChI is InChI=1S/C19H20N2O5/c22-16(20-11-12-5-7-13(8-6-12)19(25)26)9-10-21-17(23)14-3-1-2-4-15(14)18(21)24/h1-2,5-8,14-15H,3-4,9-11H2,(H,20,22)(H,25,26)/p-1/t14-,15-/m0/s1. The summed E-state index contributed by atoms with van der Waals surface area (Å²) in [5.74, 6) is -2.46. The zero-order valence-corrected chi connectivity index (χ0v) is 14.1. The maximum atomic E-state index is 12.3. The van der Waals surface area contributed by atoms with Crippen LogP contribution in [0, 0.1) is 11.8 Å². The molecule has 0 aromatic heterocycles. The highest BCUT2D eigenvalue weighted by atomic mass is 16.4. The van der Waals surface area contributed by atoms with E-state index in [1.807, 2.05) is 12.2 Å². The Hall–Kier alpha value is -2.96. The third kappa shape index (κ3) is 3.66. The summed E-state index contributed by atoms with van der Waals surface area (Å²) in [7, 11) is 0. The van der Waals surface area contributed by atoms with E-state index >= 15 is 0 Å². The Morgan fingerprint density at radius 2 is 1.62 bits per heavy atom. The topological polar surface area (TPSA) is 107 Å². The van der Waals surface area contributed by atoms with E-state index in [1.54, 1.807) is 12.1 Å². The van der Waals surface area contributed by atoms with Crippen LogP contribution in [0.2, 0.25) is 0 Å². The molecule has 7 heteroatoms. The number of nitrogens with one attached hydrogen (secondary N) is 1. The fourth-order valence-electron chi connectivity index (χ4n) is 3.35. The van der Waals surface area contributed by atoms with Crippen molar-refractivity contribution in [1.82, 2.24) is 10.2 Å². The molecule has 0 unspecified atom stereocenters. The van der Waals surface area contributed by atoms with Gasteiger partial charge in [0.1, 0.15) is 0 Å². The van der Waals surface area contributed by atoms with Crippen molar-refractivity contribution in [2.75, 3.05) is 6.54 Å². The largest absolute Gasteiger partial charge is 0.545 e. The van der Waals surface area contributed by atoms with Gasteiger partial charge in [0, 0.05) is 19.5 Å². The van der Waals surface area contributed by atoms with Crippen molar-refractivity contribution >= 4 is 23.7 Å². The number of likely N-dealkylation sites (tertiary alicyclic amines) is 1. The molecule has 3 amide bonds. The molecular formula is C19H19N2O5-. The predicted octanol–water partition coefficient (Wildman–Crippen LogP) is 0.00760. The summed E-state index contributed by atoms with van der Waals surface area (Å²) >= 11 is 0. The average molecular weight is 355 g/mol. The van der Waals surface area contributed by atoms with Crippen LogP contribution in [0.5, 0.6) is 0 Å². The number of rotatable bonds is 6. The van der Waals surface area contributed by atoms with Gasteiger partial charge in [-0.3, -0.25) is 19.3 Å². The molecule has 1 aliphatic carbocycles. The van der Waals surface area contributed by atoms with Gasteiger partial charge in [-0.15, -0.1) is 0 Å². The molecule has 2 atom stereocenters. The normalized spacial score (nSPS) is 21.6. The predicted molar refractivity (Wildman–Crippen MR) is 89.3 cm³/mol. The lowest BCUT2D eigenvalue weighted by atomic mass is 9.85. The van der Waals surface area contributed by atoms with E-state index in [9.17, 15) is 24.3 Å². The summed E-state index contributed by atoms with van der Waals surface area (Å²) in [6.07, 6.45) is 5.06. The maximum absolute atomic E-state index is 12.3. The van der Waals surface area contributed by atoms with E-state index in [-0.39, 0.29) is 54.6 Å². The van der Waals surface area contributed by atoms with Crippen molar-refractivity contribution in [2.45, 2.75) is 25.8 Å². The van der Waals surface area contributed by atoms with E-state index in [0.29, 0.717) is 12.8 Å². The lowest BCUT2D eigenvalue weighted by Gasteiger charge is -2.14. The molecule has 136 valence electrons. The molecule has 1 aromatic carbocycles. The van der Waals surface area contributed by atoms with Crippen molar-refractivity contribution in [3.05, 3.63) is 47.5 Å². The molecule has 0 saturated carbocycles.